The number of carbonyl (C=O) groups is 1. The molecule has 0 atom stereocenters. The van der Waals surface area contributed by atoms with Crippen LogP contribution >= 0.6 is 0 Å². The number of carbonyl (C=O) groups excluding carboxylic acids is 1. The molecule has 1 amide bonds. The van der Waals surface area contributed by atoms with Crippen molar-refractivity contribution in [2.24, 2.45) is 10.7 Å². The minimum absolute atomic E-state index is 0.0103. The van der Waals surface area contributed by atoms with Gasteiger partial charge in [0.05, 0.1) is 30.8 Å². The molecule has 2 aromatic carbocycles. The maximum atomic E-state index is 13.9. The summed E-state index contributed by atoms with van der Waals surface area (Å²) in [5.41, 5.74) is 0.574. The Bertz CT molecular complexity index is 1250. The first-order valence-corrected chi connectivity index (χ1v) is 11.1. The molecule has 0 bridgehead atoms. The van der Waals surface area contributed by atoms with Crippen molar-refractivity contribution in [1.82, 2.24) is 4.90 Å². The van der Waals surface area contributed by atoms with Crippen LogP contribution in [0, 0.1) is 5.82 Å². The van der Waals surface area contributed by atoms with E-state index in [9.17, 15) is 44.3 Å². The summed E-state index contributed by atoms with van der Waals surface area (Å²) in [7, 11) is 1.09. The molecule has 0 aromatic heterocycles. The molecule has 3 rings (SSSR count). The smallest absolute Gasteiger partial charge is 0.409 e. The zero-order valence-corrected chi connectivity index (χ0v) is 20.1. The Morgan fingerprint density at radius 2 is 1.72 bits per heavy atom. The molecule has 1 heterocycles. The van der Waals surface area contributed by atoms with Crippen molar-refractivity contribution in [3.63, 3.8) is 0 Å². The molecule has 2 N–H and O–H groups in total. The van der Waals surface area contributed by atoms with Gasteiger partial charge >= 0.3 is 18.4 Å². The Balaban J connectivity index is 2.00. The lowest BCUT2D eigenvalue weighted by Crippen LogP contribution is -2.56. The highest BCUT2D eigenvalue weighted by Crippen LogP contribution is 2.44. The summed E-state index contributed by atoms with van der Waals surface area (Å²) in [4.78, 5) is 18.6. The number of hydrogen-bond donors (Lipinski definition) is 1. The third-order valence-corrected chi connectivity index (χ3v) is 5.57. The van der Waals surface area contributed by atoms with Gasteiger partial charge in [0.15, 0.2) is 5.75 Å². The van der Waals surface area contributed by atoms with Gasteiger partial charge in [-0.2, -0.15) is 26.3 Å². The fraction of sp³-hybridized carbons (Fsp3) is 0.333. The fourth-order valence-electron chi connectivity index (χ4n) is 3.58. The van der Waals surface area contributed by atoms with Crippen molar-refractivity contribution in [2.45, 2.75) is 18.3 Å². The number of halogens is 9. The summed E-state index contributed by atoms with van der Waals surface area (Å²) in [5, 5.41) is 0. The van der Waals surface area contributed by atoms with E-state index in [2.05, 4.69) is 4.99 Å². The van der Waals surface area contributed by atoms with E-state index in [1.165, 1.54) is 4.90 Å². The average molecular weight is 568 g/mol. The first-order chi connectivity index (χ1) is 18.0. The van der Waals surface area contributed by atoms with Crippen LogP contribution in [0.5, 0.6) is 5.75 Å². The normalized spacial score (nSPS) is 16.3. The summed E-state index contributed by atoms with van der Waals surface area (Å²) >= 11 is 0. The van der Waals surface area contributed by atoms with Crippen molar-refractivity contribution in [1.29, 1.82) is 0 Å². The molecular formula is C24H21F9N4O2. The maximum absolute atomic E-state index is 13.9. The molecule has 0 spiro atoms. The van der Waals surface area contributed by atoms with E-state index in [1.54, 1.807) is 0 Å². The summed E-state index contributed by atoms with van der Waals surface area (Å²) in [6.45, 7) is -1.09. The predicted molar refractivity (Wildman–Crippen MR) is 124 cm³/mol. The van der Waals surface area contributed by atoms with Gasteiger partial charge in [-0.3, -0.25) is 14.8 Å². The molecule has 1 fully saturated rings. The summed E-state index contributed by atoms with van der Waals surface area (Å²) in [6.07, 6.45) is -10.5. The molecule has 0 aliphatic carbocycles. The van der Waals surface area contributed by atoms with Gasteiger partial charge in [0.25, 0.3) is 5.92 Å². The number of benzene rings is 2. The van der Waals surface area contributed by atoms with Crippen molar-refractivity contribution < 1.29 is 49.0 Å². The molecule has 0 saturated carbocycles. The Kier molecular flexibility index (Phi) is 8.53. The lowest BCUT2D eigenvalue weighted by atomic mass is 9.98. The van der Waals surface area contributed by atoms with Gasteiger partial charge in [0.2, 0.25) is 0 Å². The van der Waals surface area contributed by atoms with Crippen LogP contribution in [0.2, 0.25) is 0 Å². The largest absolute Gasteiger partial charge is 0.420 e. The van der Waals surface area contributed by atoms with Crippen LogP contribution in [0.3, 0.4) is 0 Å². The molecule has 212 valence electrons. The average Bonchev–Trinajstić information content (AvgIpc) is 2.81. The van der Waals surface area contributed by atoms with E-state index < -0.39 is 71.3 Å². The number of ether oxygens (including phenoxy) is 1. The van der Waals surface area contributed by atoms with Crippen LogP contribution in [0.25, 0.3) is 5.57 Å². The molecule has 39 heavy (non-hydrogen) atoms. The van der Waals surface area contributed by atoms with Crippen LogP contribution in [0.15, 0.2) is 47.6 Å². The first-order valence-electron chi connectivity index (χ1n) is 11.1. The minimum Gasteiger partial charge on any atom is -0.409 e. The lowest BCUT2D eigenvalue weighted by Gasteiger charge is -2.38. The molecule has 6 nitrogen and oxygen atoms in total. The van der Waals surface area contributed by atoms with Crippen molar-refractivity contribution in [3.8, 4) is 5.75 Å². The Labute approximate surface area is 216 Å². The second-order valence-corrected chi connectivity index (χ2v) is 8.52. The quantitative estimate of drug-likeness (QED) is 0.338. The van der Waals surface area contributed by atoms with E-state index in [-0.39, 0.29) is 24.8 Å². The monoisotopic (exact) mass is 568 g/mol. The van der Waals surface area contributed by atoms with Crippen LogP contribution in [-0.4, -0.2) is 56.4 Å². The van der Waals surface area contributed by atoms with Gasteiger partial charge in [-0.05, 0) is 36.4 Å². The van der Waals surface area contributed by atoms with E-state index in [4.69, 9.17) is 10.5 Å². The standard InChI is InChI=1S/C24H21F9N4O2/c1-36(17-4-2-16(25)3-5-17)21(38)39-20-18(8-15(23(28,29)30)9-19(20)24(31,32)33)14(10-34)11-35-6-7-37-12-22(26,27)13-37/h2-5,8-11H,6-7,12-13,34H2,1H3/b14-10+,35-11?. The number of amides is 1. The van der Waals surface area contributed by atoms with E-state index in [0.717, 1.165) is 37.5 Å². The topological polar surface area (TPSA) is 71.2 Å². The Morgan fingerprint density at radius 3 is 2.23 bits per heavy atom. The van der Waals surface area contributed by atoms with Gasteiger partial charge in [-0.1, -0.05) is 0 Å². The maximum Gasteiger partial charge on any atom is 0.420 e. The van der Waals surface area contributed by atoms with Gasteiger partial charge in [-0.15, -0.1) is 0 Å². The van der Waals surface area contributed by atoms with Gasteiger partial charge in [0.1, 0.15) is 5.82 Å². The van der Waals surface area contributed by atoms with Crippen molar-refractivity contribution >= 4 is 23.6 Å². The highest BCUT2D eigenvalue weighted by molar-refractivity contribution is 6.11. The number of allylic oxidation sites excluding steroid dienone is 1. The molecular weight excluding hydrogens is 547 g/mol. The summed E-state index contributed by atoms with van der Waals surface area (Å²) in [6, 6.07) is 4.30. The number of anilines is 1. The number of rotatable bonds is 7. The Morgan fingerprint density at radius 1 is 1.10 bits per heavy atom. The first kappa shape index (κ1) is 29.8. The number of aliphatic imine (C=N–C) groups is 1. The third-order valence-electron chi connectivity index (χ3n) is 5.57. The molecule has 15 heteroatoms. The minimum atomic E-state index is -5.40. The molecule has 1 saturated heterocycles. The molecule has 0 radical (unpaired) electrons. The van der Waals surface area contributed by atoms with E-state index >= 15 is 0 Å². The number of hydrogen-bond acceptors (Lipinski definition) is 5. The molecule has 1 aliphatic heterocycles. The van der Waals surface area contributed by atoms with Crippen LogP contribution < -0.4 is 15.4 Å². The van der Waals surface area contributed by atoms with E-state index in [0.29, 0.717) is 17.2 Å². The highest BCUT2D eigenvalue weighted by atomic mass is 19.4. The summed E-state index contributed by atoms with van der Waals surface area (Å²) < 4.78 is 126. The second kappa shape index (κ2) is 11.2. The van der Waals surface area contributed by atoms with Crippen LogP contribution in [-0.2, 0) is 12.4 Å². The number of likely N-dealkylation sites (tertiary alicyclic amines) is 1. The third kappa shape index (κ3) is 7.43. The highest BCUT2D eigenvalue weighted by Gasteiger charge is 2.43. The van der Waals surface area contributed by atoms with Gasteiger partial charge < -0.3 is 10.5 Å². The Hall–Kier alpha value is -3.75. The molecule has 0 unspecified atom stereocenters. The van der Waals surface area contributed by atoms with Crippen molar-refractivity contribution in [2.75, 3.05) is 38.1 Å². The van der Waals surface area contributed by atoms with Crippen molar-refractivity contribution in [3.05, 3.63) is 65.1 Å². The molecule has 2 aromatic rings. The summed E-state index contributed by atoms with van der Waals surface area (Å²) in [5.74, 6) is -4.78. The number of nitrogens with zero attached hydrogens (tertiary/aromatic N) is 3. The fourth-order valence-corrected chi connectivity index (χ4v) is 3.58. The van der Waals surface area contributed by atoms with E-state index in [1.807, 2.05) is 0 Å². The number of nitrogens with two attached hydrogens (primary N) is 1. The van der Waals surface area contributed by atoms with Crippen LogP contribution in [0.1, 0.15) is 16.7 Å². The van der Waals surface area contributed by atoms with Crippen LogP contribution in [0.4, 0.5) is 50.0 Å². The molecule has 1 aliphatic rings. The lowest BCUT2D eigenvalue weighted by molar-refractivity contribution is -0.143. The predicted octanol–water partition coefficient (Wildman–Crippen LogP) is 5.82. The zero-order valence-electron chi connectivity index (χ0n) is 20.1. The van der Waals surface area contributed by atoms with Gasteiger partial charge in [-0.25, -0.2) is 18.0 Å². The second-order valence-electron chi connectivity index (χ2n) is 8.52. The number of alkyl halides is 8. The zero-order chi connectivity index (χ0) is 29.2. The van der Waals surface area contributed by atoms with Gasteiger partial charge in [0, 0.05) is 42.8 Å². The SMILES string of the molecule is CN(C(=O)Oc1c(/C(C=NCCN2CC(F)(F)C2)=C/N)cc(C(F)(F)F)cc1C(F)(F)F)c1ccc(F)cc1.